The average Bonchev–Trinajstić information content (AvgIpc) is 2.65. The number of carboxylic acids is 1. The topological polar surface area (TPSA) is 121 Å². The summed E-state index contributed by atoms with van der Waals surface area (Å²) in [5.74, 6) is -2.95. The van der Waals surface area contributed by atoms with Gasteiger partial charge in [-0.2, -0.15) is 10.2 Å². The highest BCUT2D eigenvalue weighted by atomic mass is 79.9. The van der Waals surface area contributed by atoms with Gasteiger partial charge in [-0.1, -0.05) is 22.0 Å². The van der Waals surface area contributed by atoms with Crippen molar-refractivity contribution in [3.05, 3.63) is 58.3 Å². The number of halogens is 2. The van der Waals surface area contributed by atoms with Gasteiger partial charge in [0.15, 0.2) is 0 Å². The van der Waals surface area contributed by atoms with Gasteiger partial charge in [0.05, 0.1) is 11.3 Å². The minimum Gasteiger partial charge on any atom is -0.478 e. The Kier molecular flexibility index (Phi) is 6.93. The number of hydrogen-bond acceptors (Lipinski definition) is 6. The number of aromatic nitrogens is 1. The Morgan fingerprint density at radius 2 is 2.04 bits per heavy atom. The highest BCUT2D eigenvalue weighted by Crippen LogP contribution is 2.26. The Morgan fingerprint density at radius 3 is 2.65 bits per heavy atom. The average molecular weight is 440 g/mol. The molecule has 1 aromatic carbocycles. The van der Waals surface area contributed by atoms with Crippen LogP contribution < -0.4 is 5.32 Å². The number of hydrogen-bond donors (Lipinski definition) is 2. The van der Waals surface area contributed by atoms with E-state index >= 15 is 0 Å². The molecule has 26 heavy (non-hydrogen) atoms. The number of nitrogens with one attached hydrogen (secondary N) is 1. The Labute approximate surface area is 161 Å². The van der Waals surface area contributed by atoms with Crippen molar-refractivity contribution in [2.45, 2.75) is 6.17 Å². The Hall–Kier alpha value is -2.65. The van der Waals surface area contributed by atoms with Gasteiger partial charge in [0.25, 0.3) is 0 Å². The van der Waals surface area contributed by atoms with E-state index in [0.717, 1.165) is 0 Å². The summed E-state index contributed by atoms with van der Waals surface area (Å²) in [4.78, 5) is 39.1. The molecule has 0 aliphatic heterocycles. The SMILES string of the molecule is O=C(CCl)NC(N=Nc1ccc(Br)cc1C(=O)c1ccccn1)C(=O)O. The van der Waals surface area contributed by atoms with Gasteiger partial charge in [0, 0.05) is 10.7 Å². The van der Waals surface area contributed by atoms with Crippen LogP contribution in [0.25, 0.3) is 0 Å². The smallest absolute Gasteiger partial charge is 0.351 e. The fourth-order valence-electron chi connectivity index (χ4n) is 1.86. The van der Waals surface area contributed by atoms with Crippen molar-refractivity contribution in [3.8, 4) is 0 Å². The molecule has 1 unspecified atom stereocenters. The van der Waals surface area contributed by atoms with Crippen LogP contribution in [-0.4, -0.2) is 39.8 Å². The first-order chi connectivity index (χ1) is 12.4. The largest absolute Gasteiger partial charge is 0.478 e. The van der Waals surface area contributed by atoms with Crippen LogP contribution in [0.2, 0.25) is 0 Å². The zero-order chi connectivity index (χ0) is 19.1. The molecule has 0 saturated carbocycles. The van der Waals surface area contributed by atoms with Crippen molar-refractivity contribution in [1.29, 1.82) is 0 Å². The molecule has 1 aromatic heterocycles. The second kappa shape index (κ2) is 9.16. The normalized spacial score (nSPS) is 11.9. The number of azo groups is 1. The van der Waals surface area contributed by atoms with Crippen molar-refractivity contribution in [1.82, 2.24) is 10.3 Å². The predicted molar refractivity (Wildman–Crippen MR) is 96.6 cm³/mol. The molecule has 0 aliphatic rings. The summed E-state index contributed by atoms with van der Waals surface area (Å²) in [7, 11) is 0. The van der Waals surface area contributed by atoms with E-state index in [-0.39, 0.29) is 16.9 Å². The van der Waals surface area contributed by atoms with Gasteiger partial charge in [0.2, 0.25) is 17.9 Å². The number of benzene rings is 1. The van der Waals surface area contributed by atoms with Crippen LogP contribution in [0.1, 0.15) is 16.1 Å². The first-order valence-corrected chi connectivity index (χ1v) is 8.49. The van der Waals surface area contributed by atoms with Crippen LogP contribution in [0.5, 0.6) is 0 Å². The minimum atomic E-state index is -1.62. The lowest BCUT2D eigenvalue weighted by Gasteiger charge is -2.08. The lowest BCUT2D eigenvalue weighted by atomic mass is 10.1. The van der Waals surface area contributed by atoms with E-state index in [1.807, 2.05) is 0 Å². The van der Waals surface area contributed by atoms with Crippen molar-refractivity contribution >= 4 is 50.9 Å². The molecular formula is C16H12BrClN4O4. The molecule has 0 fully saturated rings. The summed E-state index contributed by atoms with van der Waals surface area (Å²) in [5, 5.41) is 18.6. The van der Waals surface area contributed by atoms with Crippen LogP contribution in [0, 0.1) is 0 Å². The van der Waals surface area contributed by atoms with Crippen molar-refractivity contribution in [2.75, 3.05) is 5.88 Å². The Morgan fingerprint density at radius 1 is 1.27 bits per heavy atom. The number of carbonyl (C=O) groups excluding carboxylic acids is 2. The Bertz CT molecular complexity index is 861. The van der Waals surface area contributed by atoms with E-state index in [9.17, 15) is 14.4 Å². The van der Waals surface area contributed by atoms with E-state index in [1.165, 1.54) is 18.3 Å². The molecule has 1 heterocycles. The van der Waals surface area contributed by atoms with E-state index in [0.29, 0.717) is 4.47 Å². The van der Waals surface area contributed by atoms with E-state index in [1.54, 1.807) is 24.3 Å². The molecule has 10 heteroatoms. The van der Waals surface area contributed by atoms with Crippen molar-refractivity contribution < 1.29 is 19.5 Å². The van der Waals surface area contributed by atoms with Crippen LogP contribution in [0.3, 0.4) is 0 Å². The summed E-state index contributed by atoms with van der Waals surface area (Å²) < 4.78 is 0.626. The zero-order valence-corrected chi connectivity index (χ0v) is 15.4. The predicted octanol–water partition coefficient (Wildman–Crippen LogP) is 2.92. The number of nitrogens with zero attached hydrogens (tertiary/aromatic N) is 3. The van der Waals surface area contributed by atoms with Crippen LogP contribution in [0.15, 0.2) is 57.3 Å². The number of amides is 1. The molecule has 0 radical (unpaired) electrons. The second-order valence-electron chi connectivity index (χ2n) is 4.86. The summed E-state index contributed by atoms with van der Waals surface area (Å²) in [6, 6.07) is 9.53. The second-order valence-corrected chi connectivity index (χ2v) is 6.05. The van der Waals surface area contributed by atoms with Crippen LogP contribution >= 0.6 is 27.5 Å². The highest BCUT2D eigenvalue weighted by molar-refractivity contribution is 9.10. The maximum absolute atomic E-state index is 12.6. The molecule has 1 amide bonds. The molecule has 2 aromatic rings. The van der Waals surface area contributed by atoms with E-state index in [2.05, 4.69) is 36.5 Å². The molecule has 1 atom stereocenters. The quantitative estimate of drug-likeness (QED) is 0.390. The standard InChI is InChI=1S/C16H12BrClN4O4/c17-9-4-5-11(21-22-15(16(25)26)20-13(23)8-18)10(7-9)14(24)12-3-1-2-6-19-12/h1-7,15H,8H2,(H,20,23)(H,25,26). The van der Waals surface area contributed by atoms with Gasteiger partial charge in [-0.15, -0.1) is 11.6 Å². The molecule has 0 bridgehead atoms. The van der Waals surface area contributed by atoms with Crippen molar-refractivity contribution in [2.24, 2.45) is 10.2 Å². The summed E-state index contributed by atoms with van der Waals surface area (Å²) in [5.41, 5.74) is 0.511. The lowest BCUT2D eigenvalue weighted by molar-refractivity contribution is -0.141. The van der Waals surface area contributed by atoms with Crippen molar-refractivity contribution in [3.63, 3.8) is 0 Å². The van der Waals surface area contributed by atoms with E-state index in [4.69, 9.17) is 16.7 Å². The molecule has 2 rings (SSSR count). The monoisotopic (exact) mass is 438 g/mol. The number of alkyl halides is 1. The summed E-state index contributed by atoms with van der Waals surface area (Å²) in [6.45, 7) is 0. The summed E-state index contributed by atoms with van der Waals surface area (Å²) in [6.07, 6.45) is -0.142. The van der Waals surface area contributed by atoms with E-state index < -0.39 is 29.7 Å². The molecule has 0 aliphatic carbocycles. The zero-order valence-electron chi connectivity index (χ0n) is 13.1. The van der Waals surface area contributed by atoms with Gasteiger partial charge in [0.1, 0.15) is 11.6 Å². The summed E-state index contributed by atoms with van der Waals surface area (Å²) >= 11 is 8.61. The van der Waals surface area contributed by atoms with Gasteiger partial charge >= 0.3 is 5.97 Å². The third-order valence-electron chi connectivity index (χ3n) is 3.03. The molecule has 2 N–H and O–H groups in total. The fourth-order valence-corrected chi connectivity index (χ4v) is 2.30. The van der Waals surface area contributed by atoms with Crippen LogP contribution in [0.4, 0.5) is 5.69 Å². The van der Waals surface area contributed by atoms with Gasteiger partial charge in [-0.25, -0.2) is 4.79 Å². The minimum absolute atomic E-state index is 0.134. The number of carbonyl (C=O) groups is 3. The van der Waals surface area contributed by atoms with Crippen LogP contribution in [-0.2, 0) is 9.59 Å². The van der Waals surface area contributed by atoms with Gasteiger partial charge < -0.3 is 10.4 Å². The number of pyridine rings is 1. The fraction of sp³-hybridized carbons (Fsp3) is 0.125. The molecule has 8 nitrogen and oxygen atoms in total. The number of ketones is 1. The number of aliphatic carboxylic acids is 1. The number of rotatable bonds is 7. The maximum atomic E-state index is 12.6. The van der Waals surface area contributed by atoms with Gasteiger partial charge in [-0.05, 0) is 30.3 Å². The Balaban J connectivity index is 2.36. The maximum Gasteiger partial charge on any atom is 0.351 e. The first-order valence-electron chi connectivity index (χ1n) is 7.16. The molecule has 0 spiro atoms. The lowest BCUT2D eigenvalue weighted by Crippen LogP contribution is -2.39. The third-order valence-corrected chi connectivity index (χ3v) is 3.77. The highest BCUT2D eigenvalue weighted by Gasteiger charge is 2.20. The third kappa shape index (κ3) is 5.17. The molecule has 134 valence electrons. The first kappa shape index (κ1) is 19.7. The molecular weight excluding hydrogens is 428 g/mol. The van der Waals surface area contributed by atoms with Gasteiger partial charge in [-0.3, -0.25) is 14.6 Å². The molecule has 0 saturated heterocycles. The number of carboxylic acid groups (broad SMARTS) is 1.